The highest BCUT2D eigenvalue weighted by Crippen LogP contribution is 2.26. The van der Waals surface area contributed by atoms with Gasteiger partial charge >= 0.3 is 0 Å². The Balaban J connectivity index is 2.73. The summed E-state index contributed by atoms with van der Waals surface area (Å²) in [5.41, 5.74) is 9.13. The molecule has 0 saturated heterocycles. The lowest BCUT2D eigenvalue weighted by Gasteiger charge is -2.09. The lowest BCUT2D eigenvalue weighted by Crippen LogP contribution is -1.98. The summed E-state index contributed by atoms with van der Waals surface area (Å²) >= 11 is 3.44. The molecule has 0 aliphatic heterocycles. The molecule has 1 aromatic rings. The van der Waals surface area contributed by atoms with Crippen molar-refractivity contribution >= 4 is 21.6 Å². The molecule has 0 spiro atoms. The quantitative estimate of drug-likeness (QED) is 0.644. The predicted molar refractivity (Wildman–Crippen MR) is 63.3 cm³/mol. The molecule has 0 aromatic heterocycles. The van der Waals surface area contributed by atoms with Crippen molar-refractivity contribution in [3.8, 4) is 0 Å². The molecule has 0 unspecified atom stereocenters. The number of hydrogen-bond acceptors (Lipinski definition) is 2. The number of aliphatic hydroxyl groups excluding tert-OH is 1. The maximum atomic E-state index is 8.67. The average molecular weight is 258 g/mol. The van der Waals surface area contributed by atoms with Gasteiger partial charge in [-0.2, -0.15) is 0 Å². The first-order chi connectivity index (χ1) is 6.66. The Bertz CT molecular complexity index is 312. The summed E-state index contributed by atoms with van der Waals surface area (Å²) in [6.07, 6.45) is 2.77. The number of unbranched alkanes of at least 4 members (excludes halogenated alkanes) is 1. The van der Waals surface area contributed by atoms with E-state index in [0.29, 0.717) is 0 Å². The monoisotopic (exact) mass is 257 g/mol. The van der Waals surface area contributed by atoms with Crippen LogP contribution < -0.4 is 5.73 Å². The number of aliphatic hydroxyl groups is 1. The fraction of sp³-hybridized carbons (Fsp3) is 0.455. The van der Waals surface area contributed by atoms with Gasteiger partial charge in [0, 0.05) is 16.8 Å². The third kappa shape index (κ3) is 2.72. The summed E-state index contributed by atoms with van der Waals surface area (Å²) in [5, 5.41) is 8.67. The Morgan fingerprint density at radius 1 is 1.36 bits per heavy atom. The van der Waals surface area contributed by atoms with Crippen LogP contribution in [0.1, 0.15) is 24.0 Å². The molecule has 0 saturated carbocycles. The molecule has 3 N–H and O–H groups in total. The summed E-state index contributed by atoms with van der Waals surface area (Å²) in [5.74, 6) is 0. The van der Waals surface area contributed by atoms with Gasteiger partial charge in [-0.05, 0) is 43.4 Å². The first-order valence-electron chi connectivity index (χ1n) is 4.81. The highest BCUT2D eigenvalue weighted by molar-refractivity contribution is 9.10. The Morgan fingerprint density at radius 3 is 2.71 bits per heavy atom. The molecule has 0 heterocycles. The van der Waals surface area contributed by atoms with Crippen LogP contribution in [0.15, 0.2) is 16.6 Å². The highest BCUT2D eigenvalue weighted by Gasteiger charge is 2.04. The van der Waals surface area contributed by atoms with Crippen molar-refractivity contribution in [2.75, 3.05) is 12.3 Å². The number of nitrogen functional groups attached to an aromatic ring is 1. The molecule has 2 nitrogen and oxygen atoms in total. The topological polar surface area (TPSA) is 46.2 Å². The minimum Gasteiger partial charge on any atom is -0.398 e. The summed E-state index contributed by atoms with van der Waals surface area (Å²) in [4.78, 5) is 0. The predicted octanol–water partition coefficient (Wildman–Crippen LogP) is 2.65. The van der Waals surface area contributed by atoms with Crippen molar-refractivity contribution in [1.82, 2.24) is 0 Å². The molecule has 1 aromatic carbocycles. The third-order valence-corrected chi connectivity index (χ3v) is 3.25. The second-order valence-corrected chi connectivity index (χ2v) is 4.28. The van der Waals surface area contributed by atoms with Gasteiger partial charge in [0.25, 0.3) is 0 Å². The largest absolute Gasteiger partial charge is 0.398 e. The van der Waals surface area contributed by atoms with Crippen LogP contribution in [0.5, 0.6) is 0 Å². The lowest BCUT2D eigenvalue weighted by molar-refractivity contribution is 0.284. The number of benzene rings is 1. The Kier molecular flexibility index (Phi) is 4.42. The lowest BCUT2D eigenvalue weighted by atomic mass is 10.0. The van der Waals surface area contributed by atoms with E-state index in [9.17, 15) is 0 Å². The maximum Gasteiger partial charge on any atom is 0.0431 e. The molecule has 0 bridgehead atoms. The zero-order valence-corrected chi connectivity index (χ0v) is 9.97. The number of halogens is 1. The van der Waals surface area contributed by atoms with E-state index in [1.54, 1.807) is 0 Å². The van der Waals surface area contributed by atoms with Gasteiger partial charge in [-0.1, -0.05) is 22.0 Å². The number of aryl methyl sites for hydroxylation is 1. The van der Waals surface area contributed by atoms with Gasteiger partial charge < -0.3 is 10.8 Å². The van der Waals surface area contributed by atoms with E-state index in [-0.39, 0.29) is 6.61 Å². The molecule has 78 valence electrons. The summed E-state index contributed by atoms with van der Waals surface area (Å²) in [6, 6.07) is 4.07. The van der Waals surface area contributed by atoms with Gasteiger partial charge in [-0.15, -0.1) is 0 Å². The van der Waals surface area contributed by atoms with Crippen molar-refractivity contribution in [2.45, 2.75) is 26.2 Å². The molecule has 3 heteroatoms. The zero-order chi connectivity index (χ0) is 10.6. The van der Waals surface area contributed by atoms with Crippen LogP contribution in [-0.4, -0.2) is 11.7 Å². The van der Waals surface area contributed by atoms with Crippen molar-refractivity contribution in [3.05, 3.63) is 27.7 Å². The Labute approximate surface area is 93.3 Å². The number of rotatable bonds is 4. The van der Waals surface area contributed by atoms with E-state index in [1.807, 2.05) is 19.1 Å². The van der Waals surface area contributed by atoms with Gasteiger partial charge in [0.05, 0.1) is 0 Å². The first-order valence-corrected chi connectivity index (χ1v) is 5.60. The summed E-state index contributed by atoms with van der Waals surface area (Å²) < 4.78 is 1.06. The molecule has 0 amide bonds. The van der Waals surface area contributed by atoms with Gasteiger partial charge in [-0.3, -0.25) is 0 Å². The molecule has 0 radical (unpaired) electrons. The molecule has 1 rings (SSSR count). The summed E-state index contributed by atoms with van der Waals surface area (Å²) in [6.45, 7) is 2.27. The van der Waals surface area contributed by atoms with E-state index in [0.717, 1.165) is 35.0 Å². The first kappa shape index (κ1) is 11.5. The van der Waals surface area contributed by atoms with Crippen LogP contribution in [0, 0.1) is 6.92 Å². The SMILES string of the molecule is Cc1c(Br)ccc(CCCCO)c1N. The van der Waals surface area contributed by atoms with Crippen molar-refractivity contribution in [3.63, 3.8) is 0 Å². The van der Waals surface area contributed by atoms with Gasteiger partial charge in [0.2, 0.25) is 0 Å². The van der Waals surface area contributed by atoms with Crippen LogP contribution >= 0.6 is 15.9 Å². The van der Waals surface area contributed by atoms with Crippen LogP contribution in [0.25, 0.3) is 0 Å². The van der Waals surface area contributed by atoms with Crippen molar-refractivity contribution in [2.24, 2.45) is 0 Å². The molecule has 0 aliphatic carbocycles. The Morgan fingerprint density at radius 2 is 2.07 bits per heavy atom. The van der Waals surface area contributed by atoms with E-state index in [4.69, 9.17) is 10.8 Å². The molecule has 14 heavy (non-hydrogen) atoms. The van der Waals surface area contributed by atoms with Crippen molar-refractivity contribution < 1.29 is 5.11 Å². The fourth-order valence-corrected chi connectivity index (χ4v) is 1.75. The number of nitrogens with two attached hydrogens (primary N) is 1. The van der Waals surface area contributed by atoms with E-state index < -0.39 is 0 Å². The smallest absolute Gasteiger partial charge is 0.0431 e. The van der Waals surface area contributed by atoms with Crippen LogP contribution in [0.3, 0.4) is 0 Å². The normalized spacial score (nSPS) is 10.5. The number of anilines is 1. The third-order valence-electron chi connectivity index (χ3n) is 2.39. The van der Waals surface area contributed by atoms with E-state index in [1.165, 1.54) is 5.56 Å². The zero-order valence-electron chi connectivity index (χ0n) is 8.39. The molecule has 0 atom stereocenters. The van der Waals surface area contributed by atoms with E-state index >= 15 is 0 Å². The van der Waals surface area contributed by atoms with Crippen LogP contribution in [-0.2, 0) is 6.42 Å². The fourth-order valence-electron chi connectivity index (χ4n) is 1.40. The summed E-state index contributed by atoms with van der Waals surface area (Å²) in [7, 11) is 0. The number of hydrogen-bond donors (Lipinski definition) is 2. The second kappa shape index (κ2) is 5.37. The van der Waals surface area contributed by atoms with Crippen molar-refractivity contribution in [1.29, 1.82) is 0 Å². The molecular formula is C11H16BrNO. The van der Waals surface area contributed by atoms with Gasteiger partial charge in [0.15, 0.2) is 0 Å². The Hall–Kier alpha value is -0.540. The van der Waals surface area contributed by atoms with Crippen LogP contribution in [0.4, 0.5) is 5.69 Å². The average Bonchev–Trinajstić information content (AvgIpc) is 2.18. The van der Waals surface area contributed by atoms with Crippen LogP contribution in [0.2, 0.25) is 0 Å². The second-order valence-electron chi connectivity index (χ2n) is 3.43. The molecule has 0 fully saturated rings. The van der Waals surface area contributed by atoms with Gasteiger partial charge in [-0.25, -0.2) is 0 Å². The standard InChI is InChI=1S/C11H16BrNO/c1-8-10(12)6-5-9(11(8)13)4-2-3-7-14/h5-6,14H,2-4,7,13H2,1H3. The minimum absolute atomic E-state index is 0.259. The maximum absolute atomic E-state index is 8.67. The molecular weight excluding hydrogens is 242 g/mol. The van der Waals surface area contributed by atoms with E-state index in [2.05, 4.69) is 15.9 Å². The van der Waals surface area contributed by atoms with Gasteiger partial charge in [0.1, 0.15) is 0 Å². The molecule has 0 aliphatic rings. The highest BCUT2D eigenvalue weighted by atomic mass is 79.9. The minimum atomic E-state index is 0.259.